The molecule has 0 saturated heterocycles. The Morgan fingerprint density at radius 1 is 1.33 bits per heavy atom. The third kappa shape index (κ3) is 1.92. The number of methoxy groups -OCH3 is 2. The van der Waals surface area contributed by atoms with E-state index in [1.165, 1.54) is 7.11 Å². The highest BCUT2D eigenvalue weighted by molar-refractivity contribution is 6.12. The number of rotatable bonds is 2. The van der Waals surface area contributed by atoms with Gasteiger partial charge in [-0.05, 0) is 12.1 Å². The zero-order chi connectivity index (χ0) is 16.0. The standard InChI is InChI=1S/C12H10F3NO5/c1-20-6-4-3-5-8(7(6)9(17)21-2)16-10(18)11(5,19)12(13,14)15/h3-4,19H,1-2H3,(H,16,18). The number of anilines is 1. The fourth-order valence-corrected chi connectivity index (χ4v) is 2.10. The second kappa shape index (κ2) is 4.62. The maximum Gasteiger partial charge on any atom is 0.430 e. The molecule has 1 amide bonds. The second-order valence-corrected chi connectivity index (χ2v) is 4.22. The van der Waals surface area contributed by atoms with Gasteiger partial charge in [0, 0.05) is 5.56 Å². The second-order valence-electron chi connectivity index (χ2n) is 4.22. The van der Waals surface area contributed by atoms with Crippen molar-refractivity contribution in [3.63, 3.8) is 0 Å². The molecule has 0 aliphatic carbocycles. The Hall–Kier alpha value is -2.29. The Morgan fingerprint density at radius 3 is 2.43 bits per heavy atom. The Morgan fingerprint density at radius 2 is 1.95 bits per heavy atom. The summed E-state index contributed by atoms with van der Waals surface area (Å²) in [6.45, 7) is 0. The van der Waals surface area contributed by atoms with Gasteiger partial charge in [-0.15, -0.1) is 0 Å². The SMILES string of the molecule is COC(=O)c1c(OC)ccc2c1NC(=O)C2(O)C(F)(F)F. The van der Waals surface area contributed by atoms with Crippen molar-refractivity contribution in [2.75, 3.05) is 19.5 Å². The van der Waals surface area contributed by atoms with Gasteiger partial charge in [0.1, 0.15) is 11.3 Å². The van der Waals surface area contributed by atoms with Crippen molar-refractivity contribution in [1.29, 1.82) is 0 Å². The number of benzene rings is 1. The van der Waals surface area contributed by atoms with Crippen LogP contribution in [0.3, 0.4) is 0 Å². The van der Waals surface area contributed by atoms with Gasteiger partial charge in [0.15, 0.2) is 0 Å². The van der Waals surface area contributed by atoms with E-state index in [9.17, 15) is 27.9 Å². The van der Waals surface area contributed by atoms with Crippen LogP contribution in [0.1, 0.15) is 15.9 Å². The van der Waals surface area contributed by atoms with Crippen molar-refractivity contribution in [2.45, 2.75) is 11.8 Å². The first-order valence-electron chi connectivity index (χ1n) is 5.58. The van der Waals surface area contributed by atoms with Crippen molar-refractivity contribution in [3.05, 3.63) is 23.3 Å². The number of esters is 1. The lowest BCUT2D eigenvalue weighted by Gasteiger charge is -2.23. The van der Waals surface area contributed by atoms with E-state index in [1.807, 2.05) is 5.32 Å². The molecule has 0 spiro atoms. The van der Waals surface area contributed by atoms with E-state index in [2.05, 4.69) is 4.74 Å². The lowest BCUT2D eigenvalue weighted by molar-refractivity contribution is -0.252. The van der Waals surface area contributed by atoms with Crippen molar-refractivity contribution in [2.24, 2.45) is 0 Å². The molecule has 0 radical (unpaired) electrons. The predicted molar refractivity (Wildman–Crippen MR) is 62.9 cm³/mol. The van der Waals surface area contributed by atoms with E-state index >= 15 is 0 Å². The summed E-state index contributed by atoms with van der Waals surface area (Å²) in [7, 11) is 2.22. The van der Waals surface area contributed by atoms with Crippen molar-refractivity contribution < 1.29 is 37.3 Å². The molecule has 0 aromatic heterocycles. The summed E-state index contributed by atoms with van der Waals surface area (Å²) < 4.78 is 48.4. The summed E-state index contributed by atoms with van der Waals surface area (Å²) in [5.41, 5.74) is -5.38. The number of carbonyl (C=O) groups is 2. The summed E-state index contributed by atoms with van der Waals surface area (Å²) in [6, 6.07) is 1.91. The number of amides is 1. The highest BCUT2D eigenvalue weighted by Gasteiger charge is 2.65. The van der Waals surface area contributed by atoms with Crippen LogP contribution >= 0.6 is 0 Å². The lowest BCUT2D eigenvalue weighted by Crippen LogP contribution is -2.47. The summed E-state index contributed by atoms with van der Waals surface area (Å²) in [5.74, 6) is -2.79. The number of aliphatic hydroxyl groups is 1. The number of halogens is 3. The van der Waals surface area contributed by atoms with E-state index in [4.69, 9.17) is 4.74 Å². The molecule has 6 nitrogen and oxygen atoms in total. The van der Waals surface area contributed by atoms with Gasteiger partial charge in [0.25, 0.3) is 11.5 Å². The van der Waals surface area contributed by atoms with Crippen LogP contribution in [0.2, 0.25) is 0 Å². The molecule has 1 aromatic carbocycles. The molecule has 1 aromatic rings. The molecule has 114 valence electrons. The quantitative estimate of drug-likeness (QED) is 0.802. The van der Waals surface area contributed by atoms with E-state index < -0.39 is 40.5 Å². The fraction of sp³-hybridized carbons (Fsp3) is 0.333. The Bertz CT molecular complexity index is 628. The first-order chi connectivity index (χ1) is 9.68. The third-order valence-electron chi connectivity index (χ3n) is 3.14. The van der Waals surface area contributed by atoms with Crippen molar-refractivity contribution >= 4 is 17.6 Å². The van der Waals surface area contributed by atoms with Crippen LogP contribution < -0.4 is 10.1 Å². The van der Waals surface area contributed by atoms with Crippen LogP contribution in [0.15, 0.2) is 12.1 Å². The van der Waals surface area contributed by atoms with Gasteiger partial charge in [0.2, 0.25) is 0 Å². The predicted octanol–water partition coefficient (Wildman–Crippen LogP) is 1.18. The maximum atomic E-state index is 13.0. The number of ether oxygens (including phenoxy) is 2. The molecular weight excluding hydrogens is 295 g/mol. The molecule has 0 fully saturated rings. The van der Waals surface area contributed by atoms with Crippen molar-refractivity contribution in [1.82, 2.24) is 0 Å². The Labute approximate surface area is 116 Å². The molecule has 0 bridgehead atoms. The average molecular weight is 305 g/mol. The first-order valence-corrected chi connectivity index (χ1v) is 5.58. The summed E-state index contributed by atoms with van der Waals surface area (Å²) in [5, 5.41) is 11.6. The summed E-state index contributed by atoms with van der Waals surface area (Å²) in [6.07, 6.45) is -5.25. The van der Waals surface area contributed by atoms with Crippen LogP contribution in [-0.4, -0.2) is 37.4 Å². The molecule has 2 N–H and O–H groups in total. The van der Waals surface area contributed by atoms with Gasteiger partial charge in [-0.3, -0.25) is 4.79 Å². The van der Waals surface area contributed by atoms with Gasteiger partial charge in [-0.1, -0.05) is 0 Å². The molecule has 1 aliphatic rings. The van der Waals surface area contributed by atoms with Crippen LogP contribution in [0, 0.1) is 0 Å². The molecule has 2 rings (SSSR count). The van der Waals surface area contributed by atoms with Crippen LogP contribution in [0.4, 0.5) is 18.9 Å². The highest BCUT2D eigenvalue weighted by Crippen LogP contribution is 2.49. The Kier molecular flexibility index (Phi) is 3.32. The number of nitrogens with one attached hydrogen (secondary N) is 1. The molecule has 1 heterocycles. The molecule has 9 heteroatoms. The third-order valence-corrected chi connectivity index (χ3v) is 3.14. The number of hydrogen-bond donors (Lipinski definition) is 2. The van der Waals surface area contributed by atoms with E-state index in [1.54, 1.807) is 0 Å². The van der Waals surface area contributed by atoms with Gasteiger partial charge < -0.3 is 19.9 Å². The number of hydrogen-bond acceptors (Lipinski definition) is 5. The first kappa shape index (κ1) is 15.1. The normalized spacial score (nSPS) is 20.8. The highest BCUT2D eigenvalue weighted by atomic mass is 19.4. The fourth-order valence-electron chi connectivity index (χ4n) is 2.10. The molecular formula is C12H10F3NO5. The molecule has 0 saturated carbocycles. The molecule has 1 aliphatic heterocycles. The minimum atomic E-state index is -5.25. The zero-order valence-corrected chi connectivity index (χ0v) is 10.9. The van der Waals surface area contributed by atoms with Gasteiger partial charge in [-0.25, -0.2) is 4.79 Å². The zero-order valence-electron chi connectivity index (χ0n) is 10.9. The monoisotopic (exact) mass is 305 g/mol. The largest absolute Gasteiger partial charge is 0.496 e. The van der Waals surface area contributed by atoms with Gasteiger partial charge in [-0.2, -0.15) is 13.2 Å². The van der Waals surface area contributed by atoms with E-state index in [0.29, 0.717) is 0 Å². The molecule has 1 unspecified atom stereocenters. The summed E-state index contributed by atoms with van der Waals surface area (Å²) in [4.78, 5) is 23.3. The van der Waals surface area contributed by atoms with E-state index in [-0.39, 0.29) is 5.75 Å². The number of fused-ring (bicyclic) bond motifs is 1. The molecule has 1 atom stereocenters. The maximum absolute atomic E-state index is 13.0. The van der Waals surface area contributed by atoms with E-state index in [0.717, 1.165) is 19.2 Å². The summed E-state index contributed by atoms with van der Waals surface area (Å²) >= 11 is 0. The smallest absolute Gasteiger partial charge is 0.430 e. The van der Waals surface area contributed by atoms with Crippen LogP contribution in [0.25, 0.3) is 0 Å². The number of alkyl halides is 3. The van der Waals surface area contributed by atoms with Gasteiger partial charge in [0.05, 0.1) is 19.9 Å². The van der Waals surface area contributed by atoms with Crippen molar-refractivity contribution in [3.8, 4) is 5.75 Å². The average Bonchev–Trinajstić information content (AvgIpc) is 2.69. The lowest BCUT2D eigenvalue weighted by atomic mass is 9.93. The van der Waals surface area contributed by atoms with Crippen LogP contribution in [-0.2, 0) is 15.1 Å². The number of carbonyl (C=O) groups excluding carboxylic acids is 2. The van der Waals surface area contributed by atoms with Gasteiger partial charge >= 0.3 is 12.1 Å². The Balaban J connectivity index is 2.76. The topological polar surface area (TPSA) is 84.9 Å². The molecule has 21 heavy (non-hydrogen) atoms. The van der Waals surface area contributed by atoms with Crippen LogP contribution in [0.5, 0.6) is 5.75 Å². The minimum Gasteiger partial charge on any atom is -0.496 e. The minimum absolute atomic E-state index is 0.0904.